The predicted molar refractivity (Wildman–Crippen MR) is 125 cm³/mol. The van der Waals surface area contributed by atoms with Gasteiger partial charge < -0.3 is 11.1 Å². The summed E-state index contributed by atoms with van der Waals surface area (Å²) in [7, 11) is -3.17. The van der Waals surface area contributed by atoms with Crippen LogP contribution in [0.4, 0.5) is 4.39 Å². The molecule has 3 N–H and O–H groups in total. The minimum atomic E-state index is -3.17. The lowest BCUT2D eigenvalue weighted by Crippen LogP contribution is -2.51. The summed E-state index contributed by atoms with van der Waals surface area (Å²) in [5.74, 6) is -0.765. The Morgan fingerprint density at radius 2 is 1.94 bits per heavy atom. The summed E-state index contributed by atoms with van der Waals surface area (Å²) in [6.07, 6.45) is 0.648. The SMILES string of the molecule is N[C@@H](CC(=O)NC1(c2nc3c(Cl)cccc3s2)CCS(=O)(=O)CC1)Cc1ccccc1F. The number of hydrogen-bond donors (Lipinski definition) is 2. The van der Waals surface area contributed by atoms with Crippen molar-refractivity contribution in [3.8, 4) is 0 Å². The van der Waals surface area contributed by atoms with E-state index in [1.807, 2.05) is 12.1 Å². The van der Waals surface area contributed by atoms with Crippen molar-refractivity contribution in [2.45, 2.75) is 37.3 Å². The largest absolute Gasteiger partial charge is 0.344 e. The fourth-order valence-electron chi connectivity index (χ4n) is 3.97. The van der Waals surface area contributed by atoms with Crippen molar-refractivity contribution in [3.05, 3.63) is 63.9 Å². The number of para-hydroxylation sites is 1. The molecule has 1 aromatic heterocycles. The third-order valence-corrected chi connectivity index (χ3v) is 8.91. The predicted octanol–water partition coefficient (Wildman–Crippen LogP) is 3.57. The van der Waals surface area contributed by atoms with Gasteiger partial charge in [0, 0.05) is 12.5 Å². The third-order valence-electron chi connectivity index (χ3n) is 5.73. The summed E-state index contributed by atoms with van der Waals surface area (Å²) in [5, 5.41) is 4.16. The Morgan fingerprint density at radius 1 is 1.22 bits per heavy atom. The second-order valence-electron chi connectivity index (χ2n) is 8.15. The van der Waals surface area contributed by atoms with Gasteiger partial charge in [0.05, 0.1) is 26.8 Å². The molecule has 1 atom stereocenters. The number of sulfone groups is 1. The van der Waals surface area contributed by atoms with Crippen LogP contribution in [0, 0.1) is 5.82 Å². The van der Waals surface area contributed by atoms with Crippen LogP contribution in [0.25, 0.3) is 10.2 Å². The maximum atomic E-state index is 13.9. The molecule has 6 nitrogen and oxygen atoms in total. The topological polar surface area (TPSA) is 102 Å². The van der Waals surface area contributed by atoms with Crippen LogP contribution in [0.15, 0.2) is 42.5 Å². The van der Waals surface area contributed by atoms with Gasteiger partial charge in [-0.1, -0.05) is 35.9 Å². The van der Waals surface area contributed by atoms with Crippen LogP contribution in [0.2, 0.25) is 5.02 Å². The highest BCUT2D eigenvalue weighted by molar-refractivity contribution is 7.91. The molecule has 1 fully saturated rings. The number of nitrogens with zero attached hydrogens (tertiary/aromatic N) is 1. The number of nitrogens with one attached hydrogen (secondary N) is 1. The van der Waals surface area contributed by atoms with E-state index in [4.69, 9.17) is 17.3 Å². The Labute approximate surface area is 194 Å². The monoisotopic (exact) mass is 495 g/mol. The first-order valence-corrected chi connectivity index (χ1v) is 13.2. The lowest BCUT2D eigenvalue weighted by Gasteiger charge is -2.36. The average molecular weight is 496 g/mol. The molecule has 32 heavy (non-hydrogen) atoms. The summed E-state index contributed by atoms with van der Waals surface area (Å²) in [6.45, 7) is 0. The first kappa shape index (κ1) is 23.1. The molecule has 2 aromatic carbocycles. The van der Waals surface area contributed by atoms with Crippen molar-refractivity contribution >= 4 is 48.9 Å². The van der Waals surface area contributed by atoms with E-state index in [1.54, 1.807) is 24.3 Å². The Kier molecular flexibility index (Phi) is 6.53. The number of rotatable bonds is 6. The van der Waals surface area contributed by atoms with E-state index in [-0.39, 0.29) is 48.9 Å². The van der Waals surface area contributed by atoms with Crippen molar-refractivity contribution in [1.82, 2.24) is 10.3 Å². The fourth-order valence-corrected chi connectivity index (χ4v) is 6.96. The quantitative estimate of drug-likeness (QED) is 0.544. The number of carbonyl (C=O) groups excluding carboxylic acids is 1. The highest BCUT2D eigenvalue weighted by atomic mass is 35.5. The number of aromatic nitrogens is 1. The molecule has 0 spiro atoms. The maximum absolute atomic E-state index is 13.9. The molecule has 0 bridgehead atoms. The van der Waals surface area contributed by atoms with Gasteiger partial charge in [-0.05, 0) is 43.0 Å². The number of hydrogen-bond acceptors (Lipinski definition) is 6. The Bertz CT molecular complexity index is 1250. The molecule has 3 aromatic rings. The maximum Gasteiger partial charge on any atom is 0.222 e. The number of nitrogens with two attached hydrogens (primary N) is 1. The van der Waals surface area contributed by atoms with Crippen LogP contribution in [0.3, 0.4) is 0 Å². The van der Waals surface area contributed by atoms with Crippen LogP contribution in [-0.2, 0) is 26.6 Å². The zero-order chi connectivity index (χ0) is 22.9. The van der Waals surface area contributed by atoms with Crippen LogP contribution in [0.5, 0.6) is 0 Å². The zero-order valence-corrected chi connectivity index (χ0v) is 19.6. The molecule has 2 heterocycles. The fraction of sp³-hybridized carbons (Fsp3) is 0.364. The van der Waals surface area contributed by atoms with Gasteiger partial charge in [0.2, 0.25) is 5.91 Å². The molecule has 0 unspecified atom stereocenters. The van der Waals surface area contributed by atoms with Crippen LogP contribution in [0.1, 0.15) is 29.8 Å². The standard InChI is InChI=1S/C22H23ClFN3O3S2/c23-16-5-3-7-18-20(16)26-21(31-18)22(8-10-32(29,30)11-9-22)27-19(28)13-15(25)12-14-4-1-2-6-17(14)24/h1-7,15H,8-13,25H2,(H,27,28)/t15-/m1/s1. The number of carbonyl (C=O) groups is 1. The number of amides is 1. The molecule has 0 saturated carbocycles. The first-order valence-electron chi connectivity index (χ1n) is 10.2. The minimum absolute atomic E-state index is 0.0194. The smallest absolute Gasteiger partial charge is 0.222 e. The molecular formula is C22H23ClFN3O3S2. The van der Waals surface area contributed by atoms with E-state index < -0.39 is 21.4 Å². The number of fused-ring (bicyclic) bond motifs is 1. The van der Waals surface area contributed by atoms with Crippen LogP contribution < -0.4 is 11.1 Å². The molecule has 4 rings (SSSR count). The second kappa shape index (κ2) is 9.05. The number of benzene rings is 2. The summed E-state index contributed by atoms with van der Waals surface area (Å²) >= 11 is 7.67. The normalized spacial score (nSPS) is 18.3. The van der Waals surface area contributed by atoms with Gasteiger partial charge in [0.1, 0.15) is 16.3 Å². The Morgan fingerprint density at radius 3 is 2.62 bits per heavy atom. The van der Waals surface area contributed by atoms with Crippen molar-refractivity contribution in [1.29, 1.82) is 0 Å². The van der Waals surface area contributed by atoms with Gasteiger partial charge in [-0.15, -0.1) is 11.3 Å². The molecule has 1 saturated heterocycles. The zero-order valence-electron chi connectivity index (χ0n) is 17.2. The minimum Gasteiger partial charge on any atom is -0.344 e. The summed E-state index contributed by atoms with van der Waals surface area (Å²) < 4.78 is 39.0. The lowest BCUT2D eigenvalue weighted by molar-refractivity contribution is -0.123. The summed E-state index contributed by atoms with van der Waals surface area (Å²) in [4.78, 5) is 17.6. The van der Waals surface area contributed by atoms with E-state index in [2.05, 4.69) is 10.3 Å². The average Bonchev–Trinajstić information content (AvgIpc) is 3.18. The first-order chi connectivity index (χ1) is 15.2. The molecule has 1 amide bonds. The van der Waals surface area contributed by atoms with E-state index in [0.29, 0.717) is 21.1 Å². The Balaban J connectivity index is 1.56. The van der Waals surface area contributed by atoms with Gasteiger partial charge in [-0.3, -0.25) is 4.79 Å². The van der Waals surface area contributed by atoms with E-state index >= 15 is 0 Å². The van der Waals surface area contributed by atoms with E-state index in [9.17, 15) is 17.6 Å². The van der Waals surface area contributed by atoms with Gasteiger partial charge in [0.15, 0.2) is 9.84 Å². The molecule has 1 aliphatic heterocycles. The molecule has 1 aliphatic rings. The second-order valence-corrected chi connectivity index (χ2v) is 11.9. The van der Waals surface area contributed by atoms with E-state index in [1.165, 1.54) is 17.4 Å². The summed E-state index contributed by atoms with van der Waals surface area (Å²) in [6, 6.07) is 11.2. The Hall–Kier alpha value is -2.07. The van der Waals surface area contributed by atoms with Gasteiger partial charge in [0.25, 0.3) is 0 Å². The molecule has 10 heteroatoms. The number of thiazole rings is 1. The lowest BCUT2D eigenvalue weighted by atomic mass is 9.92. The molecular weight excluding hydrogens is 473 g/mol. The molecule has 170 valence electrons. The van der Waals surface area contributed by atoms with E-state index in [0.717, 1.165) is 4.70 Å². The van der Waals surface area contributed by atoms with Crippen molar-refractivity contribution < 1.29 is 17.6 Å². The van der Waals surface area contributed by atoms with Crippen LogP contribution >= 0.6 is 22.9 Å². The van der Waals surface area contributed by atoms with Crippen molar-refractivity contribution in [2.75, 3.05) is 11.5 Å². The molecule has 0 aliphatic carbocycles. The highest BCUT2D eigenvalue weighted by Crippen LogP contribution is 2.39. The molecule has 0 radical (unpaired) electrons. The summed E-state index contributed by atoms with van der Waals surface area (Å²) in [5.41, 5.74) is 6.31. The third kappa shape index (κ3) is 4.96. The van der Waals surface area contributed by atoms with Gasteiger partial charge >= 0.3 is 0 Å². The van der Waals surface area contributed by atoms with Gasteiger partial charge in [-0.25, -0.2) is 17.8 Å². The van der Waals surface area contributed by atoms with Crippen LogP contribution in [-0.4, -0.2) is 36.9 Å². The number of halogens is 2. The van der Waals surface area contributed by atoms with Crippen molar-refractivity contribution in [3.63, 3.8) is 0 Å². The van der Waals surface area contributed by atoms with Crippen molar-refractivity contribution in [2.24, 2.45) is 5.73 Å². The highest BCUT2D eigenvalue weighted by Gasteiger charge is 2.42. The van der Waals surface area contributed by atoms with Gasteiger partial charge in [-0.2, -0.15) is 0 Å².